The molecule has 1 aromatic heterocycles. The monoisotopic (exact) mass is 552 g/mol. The molecule has 7 nitrogen and oxygen atoms in total. The lowest BCUT2D eigenvalue weighted by molar-refractivity contribution is -0.115. The number of benzene rings is 2. The van der Waals surface area contributed by atoms with Gasteiger partial charge < -0.3 is 4.90 Å². The predicted octanol–water partition coefficient (Wildman–Crippen LogP) is 6.00. The highest BCUT2D eigenvalue weighted by molar-refractivity contribution is 7.92. The topological polar surface area (TPSA) is 84.3 Å². The first-order valence-electron chi connectivity index (χ1n) is 13.4. The van der Waals surface area contributed by atoms with Crippen molar-refractivity contribution in [2.75, 3.05) is 29.1 Å². The highest BCUT2D eigenvalue weighted by Crippen LogP contribution is 2.39. The highest BCUT2D eigenvalue weighted by atomic mass is 32.2. The fourth-order valence-electron chi connectivity index (χ4n) is 4.65. The Morgan fingerprint density at radius 2 is 1.85 bits per heavy atom. The number of hydrogen-bond donors (Lipinski definition) is 1. The lowest BCUT2D eigenvalue weighted by atomic mass is 10.0. The normalized spacial score (nSPS) is 13.3. The Balaban J connectivity index is 1.43. The van der Waals surface area contributed by atoms with Crippen molar-refractivity contribution in [2.24, 2.45) is 7.05 Å². The minimum absolute atomic E-state index is 0.00758. The molecule has 1 amide bonds. The number of halogens is 1. The van der Waals surface area contributed by atoms with Gasteiger partial charge in [0.25, 0.3) is 5.91 Å². The number of rotatable bonds is 14. The van der Waals surface area contributed by atoms with Crippen molar-refractivity contribution in [3.8, 4) is 11.1 Å². The number of carbonyl (C=O) groups excluding carboxylic acids is 1. The van der Waals surface area contributed by atoms with E-state index in [9.17, 15) is 17.6 Å². The fraction of sp³-hybridized carbons (Fsp3) is 0.400. The third-order valence-corrected chi connectivity index (χ3v) is 7.54. The minimum Gasteiger partial charge on any atom is -0.309 e. The Kier molecular flexibility index (Phi) is 9.22. The molecule has 0 saturated heterocycles. The lowest BCUT2D eigenvalue weighted by Crippen LogP contribution is -2.33. The van der Waals surface area contributed by atoms with Gasteiger partial charge >= 0.3 is 0 Å². The average molecular weight is 553 g/mol. The first kappa shape index (κ1) is 28.5. The van der Waals surface area contributed by atoms with Gasteiger partial charge in [-0.2, -0.15) is 5.10 Å². The van der Waals surface area contributed by atoms with Crippen molar-refractivity contribution >= 4 is 27.3 Å². The van der Waals surface area contributed by atoms with Crippen LogP contribution in [0.3, 0.4) is 0 Å². The Labute approximate surface area is 230 Å². The van der Waals surface area contributed by atoms with Crippen LogP contribution in [0.25, 0.3) is 11.1 Å². The molecular weight excluding hydrogens is 515 g/mol. The number of carbonyl (C=O) groups is 1. The average Bonchev–Trinajstić information content (AvgIpc) is 3.68. The molecule has 4 rings (SSSR count). The number of aromatic nitrogens is 2. The summed E-state index contributed by atoms with van der Waals surface area (Å²) in [6.07, 6.45) is 7.27. The molecule has 0 aliphatic heterocycles. The molecule has 1 saturated carbocycles. The molecule has 0 unspecified atom stereocenters. The second-order valence-corrected chi connectivity index (χ2v) is 12.0. The number of alkyl halides is 1. The van der Waals surface area contributed by atoms with Crippen LogP contribution in [0.15, 0.2) is 66.7 Å². The predicted molar refractivity (Wildman–Crippen MR) is 155 cm³/mol. The van der Waals surface area contributed by atoms with Gasteiger partial charge in [0.2, 0.25) is 10.0 Å². The van der Waals surface area contributed by atoms with Crippen LogP contribution in [-0.2, 0) is 28.3 Å². The molecule has 0 atom stereocenters. The molecular formula is C30H37FN4O3S. The number of nitrogens with zero attached hydrogens (tertiary/aromatic N) is 3. The van der Waals surface area contributed by atoms with Gasteiger partial charge in [0.05, 0.1) is 18.6 Å². The molecule has 1 aliphatic rings. The van der Waals surface area contributed by atoms with Gasteiger partial charge in [-0.3, -0.25) is 18.6 Å². The SMILES string of the molecule is C=C(CCF)C(=O)N(CCCCCc1cc(C2CC2)nn1C)c1cccc(-c2ccc(NS(C)(=O)=O)cc2)c1. The molecule has 0 bridgehead atoms. The Morgan fingerprint density at radius 1 is 1.10 bits per heavy atom. The quantitative estimate of drug-likeness (QED) is 0.196. The largest absolute Gasteiger partial charge is 0.309 e. The van der Waals surface area contributed by atoms with E-state index in [4.69, 9.17) is 0 Å². The molecule has 39 heavy (non-hydrogen) atoms. The van der Waals surface area contributed by atoms with Gasteiger partial charge in [0.1, 0.15) is 0 Å². The third-order valence-electron chi connectivity index (χ3n) is 6.93. The number of nitrogens with one attached hydrogen (secondary N) is 1. The zero-order chi connectivity index (χ0) is 28.0. The molecule has 1 heterocycles. The molecule has 2 aromatic carbocycles. The third kappa shape index (κ3) is 8.02. The summed E-state index contributed by atoms with van der Waals surface area (Å²) in [7, 11) is -1.36. The van der Waals surface area contributed by atoms with E-state index in [-0.39, 0.29) is 17.9 Å². The van der Waals surface area contributed by atoms with Crippen LogP contribution in [0.5, 0.6) is 0 Å². The van der Waals surface area contributed by atoms with Crippen LogP contribution in [-0.4, -0.2) is 43.6 Å². The number of hydrogen-bond acceptors (Lipinski definition) is 4. The van der Waals surface area contributed by atoms with Crippen LogP contribution in [0.4, 0.5) is 15.8 Å². The number of sulfonamides is 1. The van der Waals surface area contributed by atoms with Crippen molar-refractivity contribution in [3.63, 3.8) is 0 Å². The molecule has 1 fully saturated rings. The zero-order valence-electron chi connectivity index (χ0n) is 22.7. The molecule has 9 heteroatoms. The maximum Gasteiger partial charge on any atom is 0.253 e. The van der Waals surface area contributed by atoms with Crippen molar-refractivity contribution in [3.05, 3.63) is 78.1 Å². The smallest absolute Gasteiger partial charge is 0.253 e. The summed E-state index contributed by atoms with van der Waals surface area (Å²) in [5.74, 6) is 0.373. The first-order valence-corrected chi connectivity index (χ1v) is 15.3. The van der Waals surface area contributed by atoms with Crippen LogP contribution in [0.1, 0.15) is 55.8 Å². The summed E-state index contributed by atoms with van der Waals surface area (Å²) in [6.45, 7) is 3.71. The summed E-state index contributed by atoms with van der Waals surface area (Å²) < 4.78 is 40.5. The maximum absolute atomic E-state index is 13.2. The van der Waals surface area contributed by atoms with E-state index in [0.717, 1.165) is 48.8 Å². The van der Waals surface area contributed by atoms with Crippen molar-refractivity contribution in [2.45, 2.75) is 50.9 Å². The Bertz CT molecular complexity index is 1410. The van der Waals surface area contributed by atoms with Crippen molar-refractivity contribution in [1.29, 1.82) is 0 Å². The molecule has 1 N–H and O–H groups in total. The number of unbranched alkanes of at least 4 members (excludes halogenated alkanes) is 2. The zero-order valence-corrected chi connectivity index (χ0v) is 23.5. The summed E-state index contributed by atoms with van der Waals surface area (Å²) in [4.78, 5) is 14.9. The van der Waals surface area contributed by atoms with Gasteiger partial charge in [-0.1, -0.05) is 37.3 Å². The maximum atomic E-state index is 13.2. The van der Waals surface area contributed by atoms with Gasteiger partial charge in [0, 0.05) is 48.6 Å². The van der Waals surface area contributed by atoms with E-state index >= 15 is 0 Å². The van der Waals surface area contributed by atoms with Crippen LogP contribution < -0.4 is 9.62 Å². The molecule has 0 radical (unpaired) electrons. The van der Waals surface area contributed by atoms with Gasteiger partial charge in [-0.15, -0.1) is 0 Å². The van der Waals surface area contributed by atoms with E-state index in [1.165, 1.54) is 24.2 Å². The standard InChI is InChI=1S/C30H37FN4O3S/c1-22(17-18-31)30(36)35(19-6-4-5-9-27-21-29(24-11-12-24)32-34(27)2)28-10-7-8-25(20-28)23-13-15-26(16-14-23)33-39(3,37)38/h7-8,10,13-16,20-21,24,33H,1,4-6,9,11-12,17-19H2,2-3H3. The summed E-state index contributed by atoms with van der Waals surface area (Å²) in [5, 5.41) is 4.65. The summed E-state index contributed by atoms with van der Waals surface area (Å²) in [6, 6.07) is 16.9. The second kappa shape index (κ2) is 12.6. The Hall–Kier alpha value is -3.46. The number of amides is 1. The van der Waals surface area contributed by atoms with Gasteiger partial charge in [-0.05, 0) is 73.6 Å². The lowest BCUT2D eigenvalue weighted by Gasteiger charge is -2.24. The molecule has 3 aromatic rings. The number of aryl methyl sites for hydroxylation is 2. The summed E-state index contributed by atoms with van der Waals surface area (Å²) >= 11 is 0. The van der Waals surface area contributed by atoms with Crippen LogP contribution >= 0.6 is 0 Å². The number of anilines is 2. The van der Waals surface area contributed by atoms with E-state index in [1.54, 1.807) is 17.0 Å². The minimum atomic E-state index is -3.36. The van der Waals surface area contributed by atoms with Gasteiger partial charge in [-0.25, -0.2) is 8.42 Å². The fourth-order valence-corrected chi connectivity index (χ4v) is 5.22. The van der Waals surface area contributed by atoms with Crippen LogP contribution in [0, 0.1) is 0 Å². The molecule has 1 aliphatic carbocycles. The Morgan fingerprint density at radius 3 is 2.51 bits per heavy atom. The molecule has 0 spiro atoms. The first-order chi connectivity index (χ1) is 18.6. The van der Waals surface area contributed by atoms with Crippen LogP contribution in [0.2, 0.25) is 0 Å². The summed E-state index contributed by atoms with van der Waals surface area (Å²) in [5.41, 5.74) is 5.66. The van der Waals surface area contributed by atoms with E-state index in [2.05, 4.69) is 22.5 Å². The van der Waals surface area contributed by atoms with Crippen molar-refractivity contribution < 1.29 is 17.6 Å². The van der Waals surface area contributed by atoms with E-state index in [1.807, 2.05) is 48.1 Å². The highest BCUT2D eigenvalue weighted by Gasteiger charge is 2.26. The van der Waals surface area contributed by atoms with E-state index < -0.39 is 16.7 Å². The molecule has 208 valence electrons. The second-order valence-electron chi connectivity index (χ2n) is 10.3. The van der Waals surface area contributed by atoms with Gasteiger partial charge in [0.15, 0.2) is 0 Å². The van der Waals surface area contributed by atoms with E-state index in [0.29, 0.717) is 18.2 Å². The van der Waals surface area contributed by atoms with Crippen molar-refractivity contribution in [1.82, 2.24) is 9.78 Å².